The molecular formula is C25H23N3O2S. The molecule has 4 rings (SSSR count). The van der Waals surface area contributed by atoms with Gasteiger partial charge in [-0.25, -0.2) is 0 Å². The Kier molecular flexibility index (Phi) is 6.48. The Morgan fingerprint density at radius 3 is 2.48 bits per heavy atom. The SMILES string of the molecule is COc1cccc(C(=O)CSc2nnc(Cc3ccccc3)n2-c2ccc(C)cc2)c1. The van der Waals surface area contributed by atoms with Crippen LogP contribution in [0.15, 0.2) is 84.0 Å². The quantitative estimate of drug-likeness (QED) is 0.286. The first-order valence-electron chi connectivity index (χ1n) is 9.99. The van der Waals surface area contributed by atoms with Crippen LogP contribution in [0.5, 0.6) is 5.75 Å². The van der Waals surface area contributed by atoms with Crippen LogP contribution >= 0.6 is 11.8 Å². The summed E-state index contributed by atoms with van der Waals surface area (Å²) in [6.07, 6.45) is 0.659. The average Bonchev–Trinajstić information content (AvgIpc) is 3.21. The van der Waals surface area contributed by atoms with E-state index >= 15 is 0 Å². The highest BCUT2D eigenvalue weighted by Crippen LogP contribution is 2.25. The summed E-state index contributed by atoms with van der Waals surface area (Å²) in [7, 11) is 1.59. The van der Waals surface area contributed by atoms with Gasteiger partial charge in [0.1, 0.15) is 11.6 Å². The zero-order valence-electron chi connectivity index (χ0n) is 17.5. The van der Waals surface area contributed by atoms with Crippen LogP contribution in [0.1, 0.15) is 27.3 Å². The highest BCUT2D eigenvalue weighted by molar-refractivity contribution is 7.99. The van der Waals surface area contributed by atoms with Gasteiger partial charge in [-0.3, -0.25) is 9.36 Å². The Bertz CT molecular complexity index is 1170. The maximum absolute atomic E-state index is 12.7. The summed E-state index contributed by atoms with van der Waals surface area (Å²) in [5.41, 5.74) is 3.95. The fraction of sp³-hybridized carbons (Fsp3) is 0.160. The molecule has 1 aromatic heterocycles. The molecule has 0 aliphatic rings. The van der Waals surface area contributed by atoms with E-state index in [-0.39, 0.29) is 11.5 Å². The Hall–Kier alpha value is -3.38. The second kappa shape index (κ2) is 9.62. The van der Waals surface area contributed by atoms with Gasteiger partial charge in [0.05, 0.1) is 12.9 Å². The lowest BCUT2D eigenvalue weighted by molar-refractivity contribution is 0.102. The number of benzene rings is 3. The standard InChI is InChI=1S/C25H23N3O2S/c1-18-11-13-21(14-12-18)28-24(15-19-7-4-3-5-8-19)26-27-25(28)31-17-23(29)20-9-6-10-22(16-20)30-2/h3-14,16H,15,17H2,1-2H3. The smallest absolute Gasteiger partial charge is 0.196 e. The summed E-state index contributed by atoms with van der Waals surface area (Å²) in [5, 5.41) is 9.56. The molecule has 0 atom stereocenters. The van der Waals surface area contributed by atoms with Gasteiger partial charge in [0, 0.05) is 17.7 Å². The molecular weight excluding hydrogens is 406 g/mol. The van der Waals surface area contributed by atoms with E-state index in [4.69, 9.17) is 4.74 Å². The number of rotatable bonds is 8. The molecule has 4 aromatic rings. The van der Waals surface area contributed by atoms with Crippen LogP contribution in [-0.2, 0) is 6.42 Å². The van der Waals surface area contributed by atoms with Crippen molar-refractivity contribution in [3.63, 3.8) is 0 Å². The van der Waals surface area contributed by atoms with E-state index in [1.165, 1.54) is 17.3 Å². The summed E-state index contributed by atoms with van der Waals surface area (Å²) in [4.78, 5) is 12.7. The summed E-state index contributed by atoms with van der Waals surface area (Å²) in [5.74, 6) is 1.80. The summed E-state index contributed by atoms with van der Waals surface area (Å²) in [6.45, 7) is 2.06. The van der Waals surface area contributed by atoms with E-state index in [0.29, 0.717) is 22.9 Å². The molecule has 0 saturated carbocycles. The molecule has 0 unspecified atom stereocenters. The first-order chi connectivity index (χ1) is 15.1. The fourth-order valence-electron chi connectivity index (χ4n) is 3.25. The van der Waals surface area contributed by atoms with Gasteiger partial charge in [-0.15, -0.1) is 10.2 Å². The Labute approximate surface area is 186 Å². The number of hydrogen-bond acceptors (Lipinski definition) is 5. The van der Waals surface area contributed by atoms with Gasteiger partial charge in [0.15, 0.2) is 10.9 Å². The minimum atomic E-state index is 0.0203. The zero-order chi connectivity index (χ0) is 21.6. The van der Waals surface area contributed by atoms with Gasteiger partial charge < -0.3 is 4.74 Å². The van der Waals surface area contributed by atoms with E-state index in [2.05, 4.69) is 53.5 Å². The minimum absolute atomic E-state index is 0.0203. The van der Waals surface area contributed by atoms with Gasteiger partial charge in [0.2, 0.25) is 0 Å². The van der Waals surface area contributed by atoms with Crippen molar-refractivity contribution in [2.45, 2.75) is 18.5 Å². The van der Waals surface area contributed by atoms with Crippen LogP contribution in [0.3, 0.4) is 0 Å². The first-order valence-corrected chi connectivity index (χ1v) is 11.0. The molecule has 0 N–H and O–H groups in total. The molecule has 0 aliphatic carbocycles. The number of Topliss-reactive ketones (excluding diaryl/α,β-unsaturated/α-hetero) is 1. The van der Waals surface area contributed by atoms with Crippen molar-refractivity contribution < 1.29 is 9.53 Å². The Balaban J connectivity index is 1.60. The van der Waals surface area contributed by atoms with E-state index in [1.54, 1.807) is 19.2 Å². The van der Waals surface area contributed by atoms with Crippen LogP contribution in [0.2, 0.25) is 0 Å². The number of aryl methyl sites for hydroxylation is 1. The number of aromatic nitrogens is 3. The van der Waals surface area contributed by atoms with E-state index in [1.807, 2.05) is 34.9 Å². The van der Waals surface area contributed by atoms with Crippen molar-refractivity contribution in [2.75, 3.05) is 12.9 Å². The van der Waals surface area contributed by atoms with Crippen molar-refractivity contribution in [1.29, 1.82) is 0 Å². The zero-order valence-corrected chi connectivity index (χ0v) is 18.3. The van der Waals surface area contributed by atoms with Crippen molar-refractivity contribution >= 4 is 17.5 Å². The maximum Gasteiger partial charge on any atom is 0.196 e. The van der Waals surface area contributed by atoms with Gasteiger partial charge in [-0.05, 0) is 36.8 Å². The third kappa shape index (κ3) is 5.03. The number of carbonyl (C=O) groups excluding carboxylic acids is 1. The first kappa shape index (κ1) is 20.9. The van der Waals surface area contributed by atoms with E-state index in [9.17, 15) is 4.79 Å². The molecule has 31 heavy (non-hydrogen) atoms. The van der Waals surface area contributed by atoms with E-state index in [0.717, 1.165) is 17.1 Å². The lowest BCUT2D eigenvalue weighted by atomic mass is 10.1. The highest BCUT2D eigenvalue weighted by Gasteiger charge is 2.17. The van der Waals surface area contributed by atoms with Crippen molar-refractivity contribution in [2.24, 2.45) is 0 Å². The minimum Gasteiger partial charge on any atom is -0.497 e. The molecule has 0 amide bonds. The molecule has 0 fully saturated rings. The molecule has 156 valence electrons. The Morgan fingerprint density at radius 2 is 1.74 bits per heavy atom. The van der Waals surface area contributed by atoms with Gasteiger partial charge in [-0.1, -0.05) is 71.9 Å². The lowest BCUT2D eigenvalue weighted by Crippen LogP contribution is -2.06. The normalized spacial score (nSPS) is 10.8. The molecule has 0 aliphatic heterocycles. The topological polar surface area (TPSA) is 57.0 Å². The molecule has 0 radical (unpaired) electrons. The third-order valence-electron chi connectivity index (χ3n) is 4.92. The lowest BCUT2D eigenvalue weighted by Gasteiger charge is -2.11. The van der Waals surface area contributed by atoms with Crippen LogP contribution in [-0.4, -0.2) is 33.4 Å². The number of hydrogen-bond donors (Lipinski definition) is 0. The molecule has 0 spiro atoms. The third-order valence-corrected chi connectivity index (χ3v) is 5.85. The van der Waals surface area contributed by atoms with Gasteiger partial charge in [-0.2, -0.15) is 0 Å². The van der Waals surface area contributed by atoms with Crippen molar-refractivity contribution in [1.82, 2.24) is 14.8 Å². The second-order valence-corrected chi connectivity index (χ2v) is 8.12. The summed E-state index contributed by atoms with van der Waals surface area (Å²) >= 11 is 1.39. The monoisotopic (exact) mass is 429 g/mol. The maximum atomic E-state index is 12.7. The van der Waals surface area contributed by atoms with Crippen LogP contribution in [0.25, 0.3) is 5.69 Å². The molecule has 0 bridgehead atoms. The number of ketones is 1. The predicted octanol–water partition coefficient (Wildman–Crippen LogP) is 5.15. The number of thioether (sulfide) groups is 1. The highest BCUT2D eigenvalue weighted by atomic mass is 32.2. The molecule has 5 nitrogen and oxygen atoms in total. The molecule has 3 aromatic carbocycles. The van der Waals surface area contributed by atoms with Gasteiger partial charge in [0.25, 0.3) is 0 Å². The summed E-state index contributed by atoms with van der Waals surface area (Å²) < 4.78 is 7.27. The number of ether oxygens (including phenoxy) is 1. The summed E-state index contributed by atoms with van der Waals surface area (Å²) in [6, 6.07) is 25.6. The predicted molar refractivity (Wildman–Crippen MR) is 123 cm³/mol. The van der Waals surface area contributed by atoms with Crippen molar-refractivity contribution in [3.05, 3.63) is 101 Å². The molecule has 6 heteroatoms. The number of nitrogens with zero attached hydrogens (tertiary/aromatic N) is 3. The van der Waals surface area contributed by atoms with Crippen molar-refractivity contribution in [3.8, 4) is 11.4 Å². The van der Waals surface area contributed by atoms with Crippen LogP contribution in [0, 0.1) is 6.92 Å². The molecule has 0 saturated heterocycles. The number of carbonyl (C=O) groups is 1. The second-order valence-electron chi connectivity index (χ2n) is 7.18. The average molecular weight is 430 g/mol. The largest absolute Gasteiger partial charge is 0.497 e. The number of methoxy groups -OCH3 is 1. The molecule has 1 heterocycles. The van der Waals surface area contributed by atoms with E-state index < -0.39 is 0 Å². The fourth-order valence-corrected chi connectivity index (χ4v) is 4.12. The van der Waals surface area contributed by atoms with Crippen LogP contribution < -0.4 is 4.74 Å². The van der Waals surface area contributed by atoms with Crippen LogP contribution in [0.4, 0.5) is 0 Å². The van der Waals surface area contributed by atoms with Gasteiger partial charge >= 0.3 is 0 Å². The Morgan fingerprint density at radius 1 is 0.968 bits per heavy atom.